The van der Waals surface area contributed by atoms with Crippen molar-refractivity contribution in [1.82, 2.24) is 0 Å². The van der Waals surface area contributed by atoms with Crippen molar-refractivity contribution in [1.29, 1.82) is 0 Å². The Morgan fingerprint density at radius 2 is 1.83 bits per heavy atom. The summed E-state index contributed by atoms with van der Waals surface area (Å²) in [6, 6.07) is 1.83. The van der Waals surface area contributed by atoms with Crippen molar-refractivity contribution < 1.29 is 5.11 Å². The first-order valence-corrected chi connectivity index (χ1v) is 5.48. The molecule has 12 heavy (non-hydrogen) atoms. The average molecular weight is 360 g/mol. The van der Waals surface area contributed by atoms with Crippen molar-refractivity contribution in [3.05, 3.63) is 25.0 Å². The Morgan fingerprint density at radius 3 is 2.33 bits per heavy atom. The molecule has 2 nitrogen and oxygen atoms in total. The third kappa shape index (κ3) is 1.84. The zero-order valence-electron chi connectivity index (χ0n) is 5.94. The van der Waals surface area contributed by atoms with Crippen LogP contribution < -0.4 is 5.73 Å². The van der Waals surface area contributed by atoms with Crippen LogP contribution in [0.2, 0.25) is 0 Å². The number of aliphatic hydroxyl groups is 1. The van der Waals surface area contributed by atoms with Crippen LogP contribution in [0, 0.1) is 0 Å². The fourth-order valence-electron chi connectivity index (χ4n) is 0.813. The molecule has 0 saturated carbocycles. The molecule has 3 N–H and O–H groups in total. The molecule has 0 unspecified atom stereocenters. The van der Waals surface area contributed by atoms with Crippen LogP contribution in [0.25, 0.3) is 0 Å². The number of benzene rings is 1. The number of nitrogens with two attached hydrogens (primary N) is 1. The molecule has 0 saturated heterocycles. The van der Waals surface area contributed by atoms with Crippen molar-refractivity contribution >= 4 is 53.5 Å². The van der Waals surface area contributed by atoms with E-state index in [1.807, 2.05) is 6.07 Å². The lowest BCUT2D eigenvalue weighted by atomic mass is 10.2. The van der Waals surface area contributed by atoms with Crippen molar-refractivity contribution in [2.24, 2.45) is 0 Å². The van der Waals surface area contributed by atoms with Gasteiger partial charge in [0.2, 0.25) is 0 Å². The zero-order valence-corrected chi connectivity index (χ0v) is 10.7. The fourth-order valence-corrected chi connectivity index (χ4v) is 2.51. The molecule has 66 valence electrons. The number of rotatable bonds is 1. The van der Waals surface area contributed by atoms with Gasteiger partial charge in [-0.2, -0.15) is 0 Å². The molecule has 0 bridgehead atoms. The molecule has 0 fully saturated rings. The van der Waals surface area contributed by atoms with Crippen LogP contribution in [0.3, 0.4) is 0 Å². The van der Waals surface area contributed by atoms with Gasteiger partial charge in [-0.05, 0) is 53.9 Å². The van der Waals surface area contributed by atoms with E-state index in [9.17, 15) is 0 Å². The molecule has 0 atom stereocenters. The summed E-state index contributed by atoms with van der Waals surface area (Å²) in [5.74, 6) is 0. The first kappa shape index (κ1) is 10.5. The second-order valence-corrected chi connectivity index (χ2v) is 4.71. The maximum absolute atomic E-state index is 9.00. The van der Waals surface area contributed by atoms with E-state index in [-0.39, 0.29) is 6.61 Å². The molecule has 1 rings (SSSR count). The van der Waals surface area contributed by atoms with Gasteiger partial charge in [-0.1, -0.05) is 0 Å². The van der Waals surface area contributed by atoms with Crippen LogP contribution in [-0.4, -0.2) is 5.11 Å². The highest BCUT2D eigenvalue weighted by atomic mass is 79.9. The van der Waals surface area contributed by atoms with E-state index in [2.05, 4.69) is 47.8 Å². The van der Waals surface area contributed by atoms with Gasteiger partial charge in [0.1, 0.15) is 0 Å². The van der Waals surface area contributed by atoms with E-state index < -0.39 is 0 Å². The Kier molecular flexibility index (Phi) is 3.58. The summed E-state index contributed by atoms with van der Waals surface area (Å²) >= 11 is 9.93. The number of anilines is 1. The molecule has 1 aromatic rings. The number of nitrogen functional groups attached to an aromatic ring is 1. The van der Waals surface area contributed by atoms with Crippen molar-refractivity contribution in [3.8, 4) is 0 Å². The first-order chi connectivity index (χ1) is 5.57. The third-order valence-corrected chi connectivity index (χ3v) is 4.19. The standard InChI is InChI=1S/C7H6Br3NO/c8-4-1-5(9)7(11)3(2-12)6(4)10/h1,12H,2,11H2. The quantitative estimate of drug-likeness (QED) is 0.598. The maximum atomic E-state index is 9.00. The van der Waals surface area contributed by atoms with Crippen LogP contribution in [0.1, 0.15) is 5.56 Å². The Balaban J connectivity index is 3.42. The van der Waals surface area contributed by atoms with Crippen molar-refractivity contribution in [3.63, 3.8) is 0 Å². The van der Waals surface area contributed by atoms with Crippen LogP contribution in [0.15, 0.2) is 19.5 Å². The largest absolute Gasteiger partial charge is 0.397 e. The predicted molar refractivity (Wildman–Crippen MR) is 59.9 cm³/mol. The molecule has 0 aromatic heterocycles. The lowest BCUT2D eigenvalue weighted by Crippen LogP contribution is -1.97. The Bertz CT molecular complexity index is 288. The summed E-state index contributed by atoms with van der Waals surface area (Å²) in [6.45, 7) is -0.0789. The second-order valence-electron chi connectivity index (χ2n) is 2.20. The number of halogens is 3. The molecule has 0 aliphatic heterocycles. The first-order valence-electron chi connectivity index (χ1n) is 3.10. The van der Waals surface area contributed by atoms with Crippen LogP contribution >= 0.6 is 47.8 Å². The lowest BCUT2D eigenvalue weighted by molar-refractivity contribution is 0.281. The normalized spacial score (nSPS) is 10.3. The molecule has 0 heterocycles. The monoisotopic (exact) mass is 357 g/mol. The highest BCUT2D eigenvalue weighted by molar-refractivity contribution is 9.13. The smallest absolute Gasteiger partial charge is 0.0713 e. The number of hydrogen-bond acceptors (Lipinski definition) is 2. The van der Waals surface area contributed by atoms with Gasteiger partial charge < -0.3 is 10.8 Å². The van der Waals surface area contributed by atoms with E-state index in [4.69, 9.17) is 10.8 Å². The van der Waals surface area contributed by atoms with Gasteiger partial charge in [-0.3, -0.25) is 0 Å². The third-order valence-electron chi connectivity index (χ3n) is 1.47. The summed E-state index contributed by atoms with van der Waals surface area (Å²) in [6.07, 6.45) is 0. The van der Waals surface area contributed by atoms with Gasteiger partial charge >= 0.3 is 0 Å². The SMILES string of the molecule is Nc1c(Br)cc(Br)c(Br)c1CO. The minimum atomic E-state index is -0.0789. The summed E-state index contributed by atoms with van der Waals surface area (Å²) in [7, 11) is 0. The van der Waals surface area contributed by atoms with E-state index in [0.717, 1.165) is 13.4 Å². The Hall–Kier alpha value is 0.420. The van der Waals surface area contributed by atoms with Gasteiger partial charge in [0.15, 0.2) is 0 Å². The molecule has 0 aliphatic carbocycles. The maximum Gasteiger partial charge on any atom is 0.0713 e. The van der Waals surface area contributed by atoms with Crippen molar-refractivity contribution in [2.45, 2.75) is 6.61 Å². The molecule has 0 spiro atoms. The fraction of sp³-hybridized carbons (Fsp3) is 0.143. The summed E-state index contributed by atoms with van der Waals surface area (Å²) in [4.78, 5) is 0. The average Bonchev–Trinajstić information content (AvgIpc) is 2.02. The Morgan fingerprint density at radius 1 is 1.25 bits per heavy atom. The zero-order chi connectivity index (χ0) is 9.30. The van der Waals surface area contributed by atoms with Crippen LogP contribution in [0.5, 0.6) is 0 Å². The van der Waals surface area contributed by atoms with E-state index >= 15 is 0 Å². The lowest BCUT2D eigenvalue weighted by Gasteiger charge is -2.08. The molecule has 0 radical (unpaired) electrons. The highest BCUT2D eigenvalue weighted by Gasteiger charge is 2.10. The molecule has 0 aliphatic rings. The Labute approximate surface area is 95.5 Å². The summed E-state index contributed by atoms with van der Waals surface area (Å²) in [5.41, 5.74) is 6.96. The molecular weight excluding hydrogens is 354 g/mol. The van der Waals surface area contributed by atoms with Gasteiger partial charge in [0, 0.05) is 19.0 Å². The van der Waals surface area contributed by atoms with Gasteiger partial charge in [-0.25, -0.2) is 0 Å². The number of hydrogen-bond donors (Lipinski definition) is 2. The van der Waals surface area contributed by atoms with Gasteiger partial charge in [-0.15, -0.1) is 0 Å². The molecule has 5 heteroatoms. The molecule has 0 amide bonds. The van der Waals surface area contributed by atoms with Crippen LogP contribution in [-0.2, 0) is 6.61 Å². The topological polar surface area (TPSA) is 46.2 Å². The van der Waals surface area contributed by atoms with E-state index in [1.54, 1.807) is 0 Å². The highest BCUT2D eigenvalue weighted by Crippen LogP contribution is 2.36. The van der Waals surface area contributed by atoms with Crippen molar-refractivity contribution in [2.75, 3.05) is 5.73 Å². The minimum absolute atomic E-state index is 0.0789. The van der Waals surface area contributed by atoms with Gasteiger partial charge in [0.05, 0.1) is 12.3 Å². The predicted octanol–water partition coefficient (Wildman–Crippen LogP) is 3.05. The molecule has 1 aromatic carbocycles. The van der Waals surface area contributed by atoms with Crippen LogP contribution in [0.4, 0.5) is 5.69 Å². The minimum Gasteiger partial charge on any atom is -0.397 e. The summed E-state index contributed by atoms with van der Waals surface area (Å²) in [5, 5.41) is 9.00. The summed E-state index contributed by atoms with van der Waals surface area (Å²) < 4.78 is 2.44. The second kappa shape index (κ2) is 4.09. The van der Waals surface area contributed by atoms with Gasteiger partial charge in [0.25, 0.3) is 0 Å². The molecular formula is C7H6Br3NO. The van der Waals surface area contributed by atoms with E-state index in [0.29, 0.717) is 11.3 Å². The van der Waals surface area contributed by atoms with E-state index in [1.165, 1.54) is 0 Å². The number of aliphatic hydroxyl groups excluding tert-OH is 1.